The maximum absolute atomic E-state index is 11.5. The Bertz CT molecular complexity index is 321. The average molecular weight is 240 g/mol. The Kier molecular flexibility index (Phi) is 4.30. The van der Waals surface area contributed by atoms with E-state index in [9.17, 15) is 4.79 Å². The van der Waals surface area contributed by atoms with Crippen molar-refractivity contribution in [2.24, 2.45) is 0 Å². The highest BCUT2D eigenvalue weighted by atomic mass is 32.1. The second-order valence-corrected chi connectivity index (χ2v) is 4.64. The lowest BCUT2D eigenvalue weighted by Gasteiger charge is -2.10. The molecule has 1 N–H and O–H groups in total. The molecule has 0 aliphatic carbocycles. The van der Waals surface area contributed by atoms with E-state index >= 15 is 0 Å². The Labute approximate surface area is 99.0 Å². The van der Waals surface area contributed by atoms with E-state index in [1.807, 2.05) is 5.38 Å². The number of ether oxygens (including phenoxy) is 1. The smallest absolute Gasteiger partial charge is 0.220 e. The highest BCUT2D eigenvalue weighted by Gasteiger charge is 2.15. The maximum Gasteiger partial charge on any atom is 0.220 e. The van der Waals surface area contributed by atoms with Crippen LogP contribution in [0.3, 0.4) is 0 Å². The van der Waals surface area contributed by atoms with Gasteiger partial charge in [-0.3, -0.25) is 4.79 Å². The molecule has 1 aliphatic heterocycles. The van der Waals surface area contributed by atoms with Crippen LogP contribution in [0.15, 0.2) is 10.9 Å². The summed E-state index contributed by atoms with van der Waals surface area (Å²) >= 11 is 1.56. The summed E-state index contributed by atoms with van der Waals surface area (Å²) in [7, 11) is 0. The molecule has 0 bridgehead atoms. The number of hydrogen-bond donors (Lipinski definition) is 1. The van der Waals surface area contributed by atoms with Gasteiger partial charge in [0.25, 0.3) is 0 Å². The highest BCUT2D eigenvalue weighted by molar-refractivity contribution is 7.07. The summed E-state index contributed by atoms with van der Waals surface area (Å²) in [4.78, 5) is 15.6. The van der Waals surface area contributed by atoms with Crippen molar-refractivity contribution in [2.75, 3.05) is 13.2 Å². The van der Waals surface area contributed by atoms with Crippen molar-refractivity contribution in [3.63, 3.8) is 0 Å². The molecule has 1 atom stereocenters. The third-order valence-corrected chi connectivity index (χ3v) is 3.28. The van der Waals surface area contributed by atoms with E-state index in [1.54, 1.807) is 16.8 Å². The number of aryl methyl sites for hydroxylation is 1. The minimum atomic E-state index is 0.0866. The van der Waals surface area contributed by atoms with Gasteiger partial charge < -0.3 is 10.1 Å². The number of nitrogens with zero attached hydrogens (tertiary/aromatic N) is 1. The highest BCUT2D eigenvalue weighted by Crippen LogP contribution is 2.10. The molecular formula is C11H16N2O2S. The predicted octanol–water partition coefficient (Wildman–Crippen LogP) is 1.37. The molecule has 0 radical (unpaired) electrons. The fourth-order valence-corrected chi connectivity index (χ4v) is 2.32. The summed E-state index contributed by atoms with van der Waals surface area (Å²) in [6.07, 6.45) is 3.63. The summed E-state index contributed by atoms with van der Waals surface area (Å²) in [6.45, 7) is 1.48. The Balaban J connectivity index is 1.60. The molecule has 5 heteroatoms. The quantitative estimate of drug-likeness (QED) is 0.845. The van der Waals surface area contributed by atoms with Crippen molar-refractivity contribution in [1.29, 1.82) is 0 Å². The van der Waals surface area contributed by atoms with Gasteiger partial charge in [0.05, 0.1) is 17.3 Å². The number of rotatable bonds is 5. The van der Waals surface area contributed by atoms with E-state index < -0.39 is 0 Å². The standard InChI is InChI=1S/C11H16N2O2S/c14-11(4-3-9-7-16-8-13-9)12-6-10-2-1-5-15-10/h7-8,10H,1-6H2,(H,12,14). The second-order valence-electron chi connectivity index (χ2n) is 3.92. The van der Waals surface area contributed by atoms with Crippen LogP contribution in [0.2, 0.25) is 0 Å². The van der Waals surface area contributed by atoms with Gasteiger partial charge in [-0.15, -0.1) is 11.3 Å². The molecule has 2 rings (SSSR count). The molecule has 1 unspecified atom stereocenters. The molecule has 88 valence electrons. The Morgan fingerprint density at radius 3 is 3.31 bits per heavy atom. The zero-order valence-electron chi connectivity index (χ0n) is 9.15. The molecule has 0 aromatic carbocycles. The normalized spacial score (nSPS) is 19.9. The first-order valence-corrected chi connectivity index (χ1v) is 6.54. The molecule has 1 fully saturated rings. The van der Waals surface area contributed by atoms with Crippen LogP contribution in [0.25, 0.3) is 0 Å². The van der Waals surface area contributed by atoms with Crippen molar-refractivity contribution in [3.05, 3.63) is 16.6 Å². The van der Waals surface area contributed by atoms with Crippen LogP contribution < -0.4 is 5.32 Å². The lowest BCUT2D eigenvalue weighted by molar-refractivity contribution is -0.121. The topological polar surface area (TPSA) is 51.2 Å². The van der Waals surface area contributed by atoms with Crippen LogP contribution in [0.4, 0.5) is 0 Å². The zero-order chi connectivity index (χ0) is 11.2. The summed E-state index contributed by atoms with van der Waals surface area (Å²) in [5.74, 6) is 0.0866. The molecule has 1 aromatic rings. The number of hydrogen-bond acceptors (Lipinski definition) is 4. The number of carbonyl (C=O) groups is 1. The van der Waals surface area contributed by atoms with Gasteiger partial charge in [-0.1, -0.05) is 0 Å². The van der Waals surface area contributed by atoms with Crippen LogP contribution in [0.1, 0.15) is 25.0 Å². The minimum Gasteiger partial charge on any atom is -0.376 e. The van der Waals surface area contributed by atoms with Gasteiger partial charge in [0, 0.05) is 25.0 Å². The van der Waals surface area contributed by atoms with Crippen molar-refractivity contribution in [1.82, 2.24) is 10.3 Å². The van der Waals surface area contributed by atoms with Crippen molar-refractivity contribution in [2.45, 2.75) is 31.8 Å². The fraction of sp³-hybridized carbons (Fsp3) is 0.636. The van der Waals surface area contributed by atoms with Crippen LogP contribution in [-0.2, 0) is 16.0 Å². The van der Waals surface area contributed by atoms with Crippen molar-refractivity contribution >= 4 is 17.2 Å². The molecule has 0 spiro atoms. The Morgan fingerprint density at radius 1 is 1.69 bits per heavy atom. The Morgan fingerprint density at radius 2 is 2.62 bits per heavy atom. The molecule has 2 heterocycles. The summed E-state index contributed by atoms with van der Waals surface area (Å²) in [5, 5.41) is 4.88. The largest absolute Gasteiger partial charge is 0.376 e. The number of amides is 1. The number of nitrogens with one attached hydrogen (secondary N) is 1. The van der Waals surface area contributed by atoms with Gasteiger partial charge in [0.15, 0.2) is 0 Å². The first-order valence-electron chi connectivity index (χ1n) is 5.60. The van der Waals surface area contributed by atoms with Gasteiger partial charge in [0.2, 0.25) is 5.91 Å². The third-order valence-electron chi connectivity index (χ3n) is 2.64. The number of carbonyl (C=O) groups excluding carboxylic acids is 1. The maximum atomic E-state index is 11.5. The molecule has 16 heavy (non-hydrogen) atoms. The number of thiazole rings is 1. The average Bonchev–Trinajstić information content (AvgIpc) is 2.96. The Hall–Kier alpha value is -0.940. The van der Waals surface area contributed by atoms with E-state index in [-0.39, 0.29) is 12.0 Å². The fourth-order valence-electron chi connectivity index (χ4n) is 1.72. The molecule has 1 aliphatic rings. The SMILES string of the molecule is O=C(CCc1cscn1)NCC1CCCO1. The summed E-state index contributed by atoms with van der Waals surface area (Å²) in [5.41, 5.74) is 2.79. The van der Waals surface area contributed by atoms with E-state index in [0.717, 1.165) is 31.6 Å². The monoisotopic (exact) mass is 240 g/mol. The van der Waals surface area contributed by atoms with Gasteiger partial charge in [-0.05, 0) is 19.3 Å². The number of aromatic nitrogens is 1. The van der Waals surface area contributed by atoms with Gasteiger partial charge >= 0.3 is 0 Å². The first kappa shape index (κ1) is 11.5. The van der Waals surface area contributed by atoms with Gasteiger partial charge in [0.1, 0.15) is 0 Å². The molecule has 1 amide bonds. The van der Waals surface area contributed by atoms with Crippen molar-refractivity contribution in [3.8, 4) is 0 Å². The van der Waals surface area contributed by atoms with Gasteiger partial charge in [-0.2, -0.15) is 0 Å². The molecule has 0 saturated carbocycles. The predicted molar refractivity (Wildman–Crippen MR) is 62.4 cm³/mol. The lowest BCUT2D eigenvalue weighted by atomic mass is 10.2. The molecule has 4 nitrogen and oxygen atoms in total. The summed E-state index contributed by atoms with van der Waals surface area (Å²) in [6, 6.07) is 0. The van der Waals surface area contributed by atoms with Crippen LogP contribution >= 0.6 is 11.3 Å². The van der Waals surface area contributed by atoms with E-state index in [2.05, 4.69) is 10.3 Å². The van der Waals surface area contributed by atoms with Crippen LogP contribution in [-0.4, -0.2) is 30.1 Å². The molecule has 1 saturated heterocycles. The van der Waals surface area contributed by atoms with Gasteiger partial charge in [-0.25, -0.2) is 4.98 Å². The minimum absolute atomic E-state index is 0.0866. The van der Waals surface area contributed by atoms with E-state index in [1.165, 1.54) is 0 Å². The second kappa shape index (κ2) is 5.96. The third kappa shape index (κ3) is 3.57. The van der Waals surface area contributed by atoms with Crippen LogP contribution in [0, 0.1) is 0 Å². The molecular weight excluding hydrogens is 224 g/mol. The van der Waals surface area contributed by atoms with Crippen LogP contribution in [0.5, 0.6) is 0 Å². The first-order chi connectivity index (χ1) is 7.84. The zero-order valence-corrected chi connectivity index (χ0v) is 9.96. The van der Waals surface area contributed by atoms with Crippen molar-refractivity contribution < 1.29 is 9.53 Å². The molecule has 1 aromatic heterocycles. The summed E-state index contributed by atoms with van der Waals surface area (Å²) < 4.78 is 5.43. The lowest BCUT2D eigenvalue weighted by Crippen LogP contribution is -2.31. The van der Waals surface area contributed by atoms with E-state index in [0.29, 0.717) is 13.0 Å². The van der Waals surface area contributed by atoms with E-state index in [4.69, 9.17) is 4.74 Å².